The van der Waals surface area contributed by atoms with Crippen molar-refractivity contribution in [1.29, 1.82) is 0 Å². The van der Waals surface area contributed by atoms with Gasteiger partial charge in [-0.25, -0.2) is 13.2 Å². The van der Waals surface area contributed by atoms with Crippen molar-refractivity contribution < 1.29 is 13.2 Å². The van der Waals surface area contributed by atoms with Crippen LogP contribution < -0.4 is 16.8 Å². The SMILES string of the molecule is Nc1cc(Nc2c(F)cc(F)cc2F)nc(N)n1. The highest BCUT2D eigenvalue weighted by atomic mass is 19.1. The molecule has 0 aliphatic rings. The maximum atomic E-state index is 13.3. The quantitative estimate of drug-likeness (QED) is 0.761. The summed E-state index contributed by atoms with van der Waals surface area (Å²) in [5.74, 6) is -3.32. The Hall–Kier alpha value is -2.51. The summed E-state index contributed by atoms with van der Waals surface area (Å²) in [5.41, 5.74) is 10.2. The second kappa shape index (κ2) is 4.40. The third-order valence-electron chi connectivity index (χ3n) is 2.02. The van der Waals surface area contributed by atoms with Crippen molar-refractivity contribution in [3.63, 3.8) is 0 Å². The lowest BCUT2D eigenvalue weighted by molar-refractivity contribution is 0.549. The van der Waals surface area contributed by atoms with E-state index < -0.39 is 23.1 Å². The molecule has 5 N–H and O–H groups in total. The average molecular weight is 255 g/mol. The monoisotopic (exact) mass is 255 g/mol. The van der Waals surface area contributed by atoms with Crippen LogP contribution >= 0.6 is 0 Å². The lowest BCUT2D eigenvalue weighted by Crippen LogP contribution is -2.05. The Morgan fingerprint density at radius 2 is 1.56 bits per heavy atom. The zero-order valence-electron chi connectivity index (χ0n) is 8.92. The van der Waals surface area contributed by atoms with Crippen LogP contribution in [-0.4, -0.2) is 9.97 Å². The zero-order chi connectivity index (χ0) is 13.3. The molecule has 0 fully saturated rings. The van der Waals surface area contributed by atoms with Gasteiger partial charge in [-0.3, -0.25) is 0 Å². The summed E-state index contributed by atoms with van der Waals surface area (Å²) >= 11 is 0. The molecule has 94 valence electrons. The van der Waals surface area contributed by atoms with E-state index in [9.17, 15) is 13.2 Å². The first-order valence-corrected chi connectivity index (χ1v) is 4.77. The average Bonchev–Trinajstić information content (AvgIpc) is 2.22. The van der Waals surface area contributed by atoms with Gasteiger partial charge in [0.05, 0.1) is 0 Å². The molecule has 0 radical (unpaired) electrons. The van der Waals surface area contributed by atoms with Crippen LogP contribution in [-0.2, 0) is 0 Å². The predicted octanol–water partition coefficient (Wildman–Crippen LogP) is 1.80. The first-order valence-electron chi connectivity index (χ1n) is 4.77. The van der Waals surface area contributed by atoms with Gasteiger partial charge in [0.1, 0.15) is 23.1 Å². The lowest BCUT2D eigenvalue weighted by atomic mass is 10.2. The molecule has 5 nitrogen and oxygen atoms in total. The predicted molar refractivity (Wildman–Crippen MR) is 60.5 cm³/mol. The topological polar surface area (TPSA) is 89.8 Å². The standard InChI is InChI=1S/C10H8F3N5/c11-4-1-5(12)9(6(13)2-4)17-8-3-7(14)16-10(15)18-8/h1-3H,(H5,14,15,16,17,18). The third kappa shape index (κ3) is 2.42. The third-order valence-corrected chi connectivity index (χ3v) is 2.02. The van der Waals surface area contributed by atoms with Crippen molar-refractivity contribution in [1.82, 2.24) is 9.97 Å². The molecule has 0 aliphatic carbocycles. The number of rotatable bonds is 2. The molecule has 0 saturated heterocycles. The van der Waals surface area contributed by atoms with Gasteiger partial charge in [0.15, 0.2) is 11.6 Å². The first-order chi connectivity index (χ1) is 8.45. The number of anilines is 4. The number of halogens is 3. The minimum atomic E-state index is -1.09. The molecular formula is C10H8F3N5. The molecular weight excluding hydrogens is 247 g/mol. The summed E-state index contributed by atoms with van der Waals surface area (Å²) < 4.78 is 39.4. The maximum Gasteiger partial charge on any atom is 0.223 e. The maximum absolute atomic E-state index is 13.3. The van der Waals surface area contributed by atoms with Crippen molar-refractivity contribution >= 4 is 23.3 Å². The van der Waals surface area contributed by atoms with E-state index in [1.165, 1.54) is 6.07 Å². The Morgan fingerprint density at radius 3 is 2.11 bits per heavy atom. The summed E-state index contributed by atoms with van der Waals surface area (Å²) in [6.45, 7) is 0. The molecule has 8 heteroatoms. The van der Waals surface area contributed by atoms with Gasteiger partial charge in [-0.2, -0.15) is 9.97 Å². The number of nitrogens with one attached hydrogen (secondary N) is 1. The van der Waals surface area contributed by atoms with E-state index in [4.69, 9.17) is 11.5 Å². The summed E-state index contributed by atoms with van der Waals surface area (Å²) in [7, 11) is 0. The van der Waals surface area contributed by atoms with E-state index in [0.29, 0.717) is 12.1 Å². The molecule has 2 aromatic rings. The summed E-state index contributed by atoms with van der Waals surface area (Å²) in [6.07, 6.45) is 0. The largest absolute Gasteiger partial charge is 0.383 e. The van der Waals surface area contributed by atoms with Gasteiger partial charge >= 0.3 is 0 Å². The number of hydrogen-bond acceptors (Lipinski definition) is 5. The van der Waals surface area contributed by atoms with Crippen LogP contribution in [0.1, 0.15) is 0 Å². The molecule has 2 rings (SSSR count). The van der Waals surface area contributed by atoms with Gasteiger partial charge in [-0.05, 0) is 0 Å². The Kier molecular flexibility index (Phi) is 2.92. The van der Waals surface area contributed by atoms with Crippen molar-refractivity contribution in [3.8, 4) is 0 Å². The van der Waals surface area contributed by atoms with Gasteiger partial charge in [-0.15, -0.1) is 0 Å². The van der Waals surface area contributed by atoms with Crippen LogP contribution in [0.15, 0.2) is 18.2 Å². The van der Waals surface area contributed by atoms with Crippen LogP contribution in [0.4, 0.5) is 36.4 Å². The van der Waals surface area contributed by atoms with Crippen molar-refractivity contribution in [2.75, 3.05) is 16.8 Å². The Balaban J connectivity index is 2.40. The Labute approximate surface area is 99.7 Å². The van der Waals surface area contributed by atoms with Crippen LogP contribution in [0.25, 0.3) is 0 Å². The molecule has 0 saturated carbocycles. The van der Waals surface area contributed by atoms with Crippen LogP contribution in [0, 0.1) is 17.5 Å². The van der Waals surface area contributed by atoms with Gasteiger partial charge < -0.3 is 16.8 Å². The second-order valence-corrected chi connectivity index (χ2v) is 3.41. The number of nitrogen functional groups attached to an aromatic ring is 2. The van der Waals surface area contributed by atoms with Crippen LogP contribution in [0.2, 0.25) is 0 Å². The zero-order valence-corrected chi connectivity index (χ0v) is 8.92. The minimum Gasteiger partial charge on any atom is -0.383 e. The van der Waals surface area contributed by atoms with Gasteiger partial charge in [0.25, 0.3) is 0 Å². The highest BCUT2D eigenvalue weighted by Gasteiger charge is 2.12. The van der Waals surface area contributed by atoms with Gasteiger partial charge in [-0.1, -0.05) is 0 Å². The van der Waals surface area contributed by atoms with Crippen LogP contribution in [0.3, 0.4) is 0 Å². The number of aromatic nitrogens is 2. The minimum absolute atomic E-state index is 0.00408. The number of hydrogen-bond donors (Lipinski definition) is 3. The summed E-state index contributed by atoms with van der Waals surface area (Å²) in [4.78, 5) is 7.27. The fraction of sp³-hybridized carbons (Fsp3) is 0. The smallest absolute Gasteiger partial charge is 0.223 e. The molecule has 0 spiro atoms. The molecule has 0 amide bonds. The Bertz CT molecular complexity index is 559. The van der Waals surface area contributed by atoms with E-state index in [0.717, 1.165) is 0 Å². The van der Waals surface area contributed by atoms with E-state index >= 15 is 0 Å². The van der Waals surface area contributed by atoms with Crippen molar-refractivity contribution in [2.45, 2.75) is 0 Å². The fourth-order valence-corrected chi connectivity index (χ4v) is 1.34. The molecule has 18 heavy (non-hydrogen) atoms. The molecule has 1 heterocycles. The fourth-order valence-electron chi connectivity index (χ4n) is 1.34. The number of benzene rings is 1. The number of nitrogens with zero attached hydrogens (tertiary/aromatic N) is 2. The summed E-state index contributed by atoms with van der Waals surface area (Å²) in [5, 5.41) is 2.32. The second-order valence-electron chi connectivity index (χ2n) is 3.41. The molecule has 0 atom stereocenters. The summed E-state index contributed by atoms with van der Waals surface area (Å²) in [6, 6.07) is 2.32. The highest BCUT2D eigenvalue weighted by Crippen LogP contribution is 2.24. The van der Waals surface area contributed by atoms with Crippen molar-refractivity contribution in [3.05, 3.63) is 35.7 Å². The molecule has 0 unspecified atom stereocenters. The lowest BCUT2D eigenvalue weighted by Gasteiger charge is -2.09. The van der Waals surface area contributed by atoms with E-state index in [1.54, 1.807) is 0 Å². The molecule has 0 bridgehead atoms. The van der Waals surface area contributed by atoms with Crippen molar-refractivity contribution in [2.24, 2.45) is 0 Å². The Morgan fingerprint density at radius 1 is 0.944 bits per heavy atom. The normalized spacial score (nSPS) is 10.4. The van der Waals surface area contributed by atoms with E-state index in [2.05, 4.69) is 15.3 Å². The highest BCUT2D eigenvalue weighted by molar-refractivity contribution is 5.61. The van der Waals surface area contributed by atoms with E-state index in [-0.39, 0.29) is 17.6 Å². The van der Waals surface area contributed by atoms with Gasteiger partial charge in [0, 0.05) is 18.2 Å². The molecule has 0 aliphatic heterocycles. The first kappa shape index (κ1) is 12.0. The van der Waals surface area contributed by atoms with Crippen LogP contribution in [0.5, 0.6) is 0 Å². The van der Waals surface area contributed by atoms with E-state index in [1.807, 2.05) is 0 Å². The van der Waals surface area contributed by atoms with Gasteiger partial charge in [0.2, 0.25) is 5.95 Å². The molecule has 1 aromatic heterocycles. The number of nitrogens with two attached hydrogens (primary N) is 2. The molecule has 1 aromatic carbocycles.